The molecule has 0 saturated heterocycles. The van der Waals surface area contributed by atoms with Gasteiger partial charge in [-0.05, 0) is 6.42 Å². The molecule has 0 spiro atoms. The van der Waals surface area contributed by atoms with Gasteiger partial charge in [-0.1, -0.05) is 6.92 Å². The highest BCUT2D eigenvalue weighted by Crippen LogP contribution is 2.22. The molecule has 118 valence electrons. The summed E-state index contributed by atoms with van der Waals surface area (Å²) in [6.07, 6.45) is 0.308. The SMILES string of the molecule is CCc1oc(C(=O)OC)cc1S(=O)(=O)NCCCC(=O)O. The number of aryl methyl sites for hydroxylation is 1. The van der Waals surface area contributed by atoms with Gasteiger partial charge in [0, 0.05) is 25.5 Å². The minimum absolute atomic E-state index is 0.0173. The molecule has 0 bridgehead atoms. The second-order valence-electron chi connectivity index (χ2n) is 4.14. The predicted molar refractivity (Wildman–Crippen MR) is 71.5 cm³/mol. The summed E-state index contributed by atoms with van der Waals surface area (Å²) in [5.74, 6) is -1.82. The topological polar surface area (TPSA) is 123 Å². The normalized spacial score (nSPS) is 11.3. The molecule has 1 aromatic heterocycles. The summed E-state index contributed by atoms with van der Waals surface area (Å²) < 4.78 is 36.1. The van der Waals surface area contributed by atoms with E-state index in [-0.39, 0.29) is 42.2 Å². The summed E-state index contributed by atoms with van der Waals surface area (Å²) in [6.45, 7) is 1.67. The number of sulfonamides is 1. The van der Waals surface area contributed by atoms with Gasteiger partial charge in [0.25, 0.3) is 0 Å². The fourth-order valence-corrected chi connectivity index (χ4v) is 2.93. The maximum absolute atomic E-state index is 12.1. The van der Waals surface area contributed by atoms with Gasteiger partial charge >= 0.3 is 11.9 Å². The standard InChI is InChI=1S/C12H17NO7S/c1-3-8-10(7-9(20-8)12(16)19-2)21(17,18)13-6-4-5-11(14)15/h7,13H,3-6H2,1-2H3,(H,14,15). The lowest BCUT2D eigenvalue weighted by molar-refractivity contribution is -0.137. The molecule has 1 aromatic rings. The van der Waals surface area contributed by atoms with Gasteiger partial charge in [-0.25, -0.2) is 17.9 Å². The van der Waals surface area contributed by atoms with Gasteiger partial charge in [-0.3, -0.25) is 4.79 Å². The van der Waals surface area contributed by atoms with Crippen LogP contribution in [0, 0.1) is 0 Å². The van der Waals surface area contributed by atoms with Crippen molar-refractivity contribution in [2.45, 2.75) is 31.1 Å². The van der Waals surface area contributed by atoms with E-state index in [2.05, 4.69) is 9.46 Å². The van der Waals surface area contributed by atoms with Crippen LogP contribution in [0.25, 0.3) is 0 Å². The van der Waals surface area contributed by atoms with Crippen LogP contribution in [-0.2, 0) is 26.0 Å². The maximum atomic E-state index is 12.1. The summed E-state index contributed by atoms with van der Waals surface area (Å²) in [4.78, 5) is 21.6. The Morgan fingerprint density at radius 3 is 2.62 bits per heavy atom. The van der Waals surface area contributed by atoms with Crippen molar-refractivity contribution in [1.29, 1.82) is 0 Å². The van der Waals surface area contributed by atoms with Crippen LogP contribution in [0.15, 0.2) is 15.4 Å². The Hall–Kier alpha value is -1.87. The number of ether oxygens (including phenoxy) is 1. The number of hydrogen-bond donors (Lipinski definition) is 2. The Balaban J connectivity index is 2.89. The van der Waals surface area contributed by atoms with Gasteiger partial charge in [0.2, 0.25) is 15.8 Å². The number of rotatable bonds is 8. The van der Waals surface area contributed by atoms with Gasteiger partial charge in [-0.2, -0.15) is 0 Å². The molecule has 0 aliphatic rings. The van der Waals surface area contributed by atoms with Gasteiger partial charge in [0.05, 0.1) is 7.11 Å². The Morgan fingerprint density at radius 1 is 1.43 bits per heavy atom. The fourth-order valence-electron chi connectivity index (χ4n) is 1.61. The van der Waals surface area contributed by atoms with E-state index in [1.807, 2.05) is 0 Å². The molecule has 0 radical (unpaired) electrons. The molecule has 1 heterocycles. The summed E-state index contributed by atoms with van der Waals surface area (Å²) in [7, 11) is -2.70. The summed E-state index contributed by atoms with van der Waals surface area (Å²) in [5.41, 5.74) is 0. The van der Waals surface area contributed by atoms with E-state index in [0.29, 0.717) is 0 Å². The minimum Gasteiger partial charge on any atom is -0.481 e. The quantitative estimate of drug-likeness (QED) is 0.536. The molecule has 1 rings (SSSR count). The number of carbonyl (C=O) groups is 2. The number of furan rings is 1. The van der Waals surface area contributed by atoms with Crippen molar-refractivity contribution in [2.24, 2.45) is 0 Å². The van der Waals surface area contributed by atoms with Crippen LogP contribution >= 0.6 is 0 Å². The van der Waals surface area contributed by atoms with Crippen LogP contribution in [0.4, 0.5) is 0 Å². The number of carboxylic acids is 1. The molecular weight excluding hydrogens is 302 g/mol. The molecule has 0 fully saturated rings. The molecular formula is C12H17NO7S. The van der Waals surface area contributed by atoms with Crippen molar-refractivity contribution < 1.29 is 32.3 Å². The highest BCUT2D eigenvalue weighted by molar-refractivity contribution is 7.89. The number of carboxylic acid groups (broad SMARTS) is 1. The van der Waals surface area contributed by atoms with E-state index in [1.54, 1.807) is 6.92 Å². The molecule has 0 amide bonds. The van der Waals surface area contributed by atoms with Gasteiger partial charge in [0.15, 0.2) is 0 Å². The number of aliphatic carboxylic acids is 1. The zero-order valence-electron chi connectivity index (χ0n) is 11.7. The Labute approximate surface area is 122 Å². The number of esters is 1. The third-order valence-electron chi connectivity index (χ3n) is 2.63. The average molecular weight is 319 g/mol. The molecule has 21 heavy (non-hydrogen) atoms. The second-order valence-corrected chi connectivity index (χ2v) is 5.87. The van der Waals surface area contributed by atoms with E-state index in [9.17, 15) is 18.0 Å². The third-order valence-corrected chi connectivity index (χ3v) is 4.14. The lowest BCUT2D eigenvalue weighted by Crippen LogP contribution is -2.25. The third kappa shape index (κ3) is 4.57. The first-order valence-electron chi connectivity index (χ1n) is 6.24. The molecule has 0 saturated carbocycles. The second kappa shape index (κ2) is 7.23. The lowest BCUT2D eigenvalue weighted by Gasteiger charge is -2.05. The largest absolute Gasteiger partial charge is 0.481 e. The van der Waals surface area contributed by atoms with Crippen LogP contribution in [0.2, 0.25) is 0 Å². The van der Waals surface area contributed by atoms with Crippen molar-refractivity contribution in [2.75, 3.05) is 13.7 Å². The van der Waals surface area contributed by atoms with Gasteiger partial charge < -0.3 is 14.3 Å². The highest BCUT2D eigenvalue weighted by atomic mass is 32.2. The first-order valence-corrected chi connectivity index (χ1v) is 7.72. The van der Waals surface area contributed by atoms with E-state index in [0.717, 1.165) is 13.2 Å². The lowest BCUT2D eigenvalue weighted by atomic mass is 10.3. The van der Waals surface area contributed by atoms with E-state index >= 15 is 0 Å². The van der Waals surface area contributed by atoms with Crippen molar-refractivity contribution in [3.05, 3.63) is 17.6 Å². The van der Waals surface area contributed by atoms with Crippen LogP contribution in [-0.4, -0.2) is 39.1 Å². The monoisotopic (exact) mass is 319 g/mol. The van der Waals surface area contributed by atoms with Crippen LogP contribution < -0.4 is 4.72 Å². The number of carbonyl (C=O) groups excluding carboxylic acids is 1. The van der Waals surface area contributed by atoms with Crippen LogP contribution in [0.1, 0.15) is 36.1 Å². The molecule has 2 N–H and O–H groups in total. The van der Waals surface area contributed by atoms with Crippen molar-refractivity contribution in [1.82, 2.24) is 4.72 Å². The van der Waals surface area contributed by atoms with E-state index in [1.165, 1.54) is 0 Å². The maximum Gasteiger partial charge on any atom is 0.373 e. The van der Waals surface area contributed by atoms with Crippen molar-refractivity contribution in [3.63, 3.8) is 0 Å². The molecule has 0 unspecified atom stereocenters. The molecule has 0 aromatic carbocycles. The first-order chi connectivity index (χ1) is 9.81. The average Bonchev–Trinajstić information content (AvgIpc) is 2.87. The molecule has 8 nitrogen and oxygen atoms in total. The molecule has 9 heteroatoms. The summed E-state index contributed by atoms with van der Waals surface area (Å²) in [6, 6.07) is 1.10. The molecule has 0 aliphatic heterocycles. The number of nitrogens with one attached hydrogen (secondary N) is 1. The summed E-state index contributed by atoms with van der Waals surface area (Å²) >= 11 is 0. The number of hydrogen-bond acceptors (Lipinski definition) is 6. The highest BCUT2D eigenvalue weighted by Gasteiger charge is 2.25. The van der Waals surface area contributed by atoms with Gasteiger partial charge in [-0.15, -0.1) is 0 Å². The molecule has 0 atom stereocenters. The van der Waals surface area contributed by atoms with E-state index in [4.69, 9.17) is 9.52 Å². The zero-order valence-corrected chi connectivity index (χ0v) is 12.5. The smallest absolute Gasteiger partial charge is 0.373 e. The van der Waals surface area contributed by atoms with Crippen LogP contribution in [0.3, 0.4) is 0 Å². The van der Waals surface area contributed by atoms with Crippen LogP contribution in [0.5, 0.6) is 0 Å². The van der Waals surface area contributed by atoms with Gasteiger partial charge in [0.1, 0.15) is 10.7 Å². The van der Waals surface area contributed by atoms with Crippen molar-refractivity contribution >= 4 is 22.0 Å². The Bertz CT molecular complexity index is 618. The molecule has 0 aliphatic carbocycles. The summed E-state index contributed by atoms with van der Waals surface area (Å²) in [5, 5.41) is 8.49. The van der Waals surface area contributed by atoms with E-state index < -0.39 is 22.0 Å². The Kier molecular flexibility index (Phi) is 5.91. The first kappa shape index (κ1) is 17.2. The van der Waals surface area contributed by atoms with Crippen molar-refractivity contribution in [3.8, 4) is 0 Å². The minimum atomic E-state index is -3.87. The predicted octanol–water partition coefficient (Wildman–Crippen LogP) is 0.772. The number of methoxy groups -OCH3 is 1. The fraction of sp³-hybridized carbons (Fsp3) is 0.500. The Morgan fingerprint density at radius 2 is 2.10 bits per heavy atom. The zero-order chi connectivity index (χ0) is 16.0.